The van der Waals surface area contributed by atoms with Crippen LogP contribution in [0.1, 0.15) is 6.92 Å². The Balaban J connectivity index is 1.66. The van der Waals surface area contributed by atoms with Crippen molar-refractivity contribution in [3.8, 4) is 0 Å². The zero-order chi connectivity index (χ0) is 12.5. The lowest BCUT2D eigenvalue weighted by Crippen LogP contribution is -2.59. The predicted octanol–water partition coefficient (Wildman–Crippen LogP) is 0.573. The molecule has 0 aromatic carbocycles. The lowest BCUT2D eigenvalue weighted by atomic mass is 10.1. The molecule has 98 valence electrons. The van der Waals surface area contributed by atoms with Crippen molar-refractivity contribution in [3.63, 3.8) is 0 Å². The van der Waals surface area contributed by atoms with Gasteiger partial charge < -0.3 is 15.4 Å². The number of pyridine rings is 1. The molecule has 0 bridgehead atoms. The number of aromatic nitrogens is 1. The van der Waals surface area contributed by atoms with E-state index in [0.717, 1.165) is 32.8 Å². The van der Waals surface area contributed by atoms with Crippen LogP contribution in [0.5, 0.6) is 0 Å². The highest BCUT2D eigenvalue weighted by Crippen LogP contribution is 2.22. The average Bonchev–Trinajstić information content (AvgIpc) is 2.29. The molecule has 1 aromatic heterocycles. The molecule has 2 saturated heterocycles. The molecule has 0 aliphatic carbocycles. The van der Waals surface area contributed by atoms with Gasteiger partial charge in [-0.2, -0.15) is 0 Å². The molecule has 1 atom stereocenters. The normalized spacial score (nSPS) is 26.1. The van der Waals surface area contributed by atoms with Crippen LogP contribution in [0.4, 0.5) is 11.5 Å². The second-order valence-electron chi connectivity index (χ2n) is 5.17. The van der Waals surface area contributed by atoms with Crippen LogP contribution < -0.4 is 10.6 Å². The highest BCUT2D eigenvalue weighted by molar-refractivity contribution is 5.49. The van der Waals surface area contributed by atoms with Crippen molar-refractivity contribution < 1.29 is 4.74 Å². The van der Waals surface area contributed by atoms with E-state index >= 15 is 0 Å². The molecule has 1 aromatic rings. The summed E-state index contributed by atoms with van der Waals surface area (Å²) in [6.45, 7) is 7.30. The zero-order valence-corrected chi connectivity index (χ0v) is 10.7. The lowest BCUT2D eigenvalue weighted by molar-refractivity contribution is -0.0691. The first-order valence-electron chi connectivity index (χ1n) is 6.54. The first-order chi connectivity index (χ1) is 8.74. The van der Waals surface area contributed by atoms with Gasteiger partial charge in [-0.3, -0.25) is 4.90 Å². The van der Waals surface area contributed by atoms with Crippen LogP contribution in [0.2, 0.25) is 0 Å². The third-order valence-corrected chi connectivity index (χ3v) is 3.90. The number of nitrogens with two attached hydrogens (primary N) is 1. The van der Waals surface area contributed by atoms with Crippen molar-refractivity contribution in [2.24, 2.45) is 0 Å². The fourth-order valence-electron chi connectivity index (χ4n) is 2.70. The van der Waals surface area contributed by atoms with Gasteiger partial charge in [0.1, 0.15) is 5.82 Å². The Morgan fingerprint density at radius 1 is 1.33 bits per heavy atom. The summed E-state index contributed by atoms with van der Waals surface area (Å²) in [5.41, 5.74) is 6.79. The van der Waals surface area contributed by atoms with E-state index in [-0.39, 0.29) is 0 Å². The summed E-state index contributed by atoms with van der Waals surface area (Å²) in [5.74, 6) is 0.580. The summed E-state index contributed by atoms with van der Waals surface area (Å²) >= 11 is 0. The topological polar surface area (TPSA) is 54.6 Å². The molecule has 0 amide bonds. The first-order valence-corrected chi connectivity index (χ1v) is 6.54. The summed E-state index contributed by atoms with van der Waals surface area (Å²) in [4.78, 5) is 9.12. The van der Waals surface area contributed by atoms with Crippen molar-refractivity contribution in [1.29, 1.82) is 0 Å². The van der Waals surface area contributed by atoms with Gasteiger partial charge in [-0.15, -0.1) is 0 Å². The van der Waals surface area contributed by atoms with E-state index in [9.17, 15) is 0 Å². The number of anilines is 2. The Bertz CT molecular complexity index is 404. The van der Waals surface area contributed by atoms with Crippen molar-refractivity contribution >= 4 is 11.5 Å². The van der Waals surface area contributed by atoms with Gasteiger partial charge in [0.15, 0.2) is 0 Å². The standard InChI is InChI=1S/C13H20N4O/c1-10-7-16(12-8-18-9-12)4-5-17(10)11-2-3-13(14)15-6-11/h2-3,6,10,12H,4-5,7-9H2,1H3,(H2,14,15)/t10-/m1/s1. The number of nitrogens with zero attached hydrogens (tertiary/aromatic N) is 3. The molecule has 3 heterocycles. The molecule has 18 heavy (non-hydrogen) atoms. The maximum Gasteiger partial charge on any atom is 0.123 e. The summed E-state index contributed by atoms with van der Waals surface area (Å²) < 4.78 is 5.27. The maximum absolute atomic E-state index is 5.63. The fraction of sp³-hybridized carbons (Fsp3) is 0.615. The first kappa shape index (κ1) is 11.7. The lowest BCUT2D eigenvalue weighted by Gasteiger charge is -2.46. The van der Waals surface area contributed by atoms with E-state index < -0.39 is 0 Å². The summed E-state index contributed by atoms with van der Waals surface area (Å²) in [6, 6.07) is 5.07. The third kappa shape index (κ3) is 2.15. The van der Waals surface area contributed by atoms with E-state index in [2.05, 4.69) is 27.8 Å². The van der Waals surface area contributed by atoms with Crippen LogP contribution >= 0.6 is 0 Å². The predicted molar refractivity (Wildman–Crippen MR) is 71.6 cm³/mol. The van der Waals surface area contributed by atoms with Crippen molar-refractivity contribution in [3.05, 3.63) is 18.3 Å². The van der Waals surface area contributed by atoms with Crippen molar-refractivity contribution in [2.45, 2.75) is 19.0 Å². The zero-order valence-electron chi connectivity index (χ0n) is 10.7. The molecule has 2 N–H and O–H groups in total. The van der Waals surface area contributed by atoms with E-state index in [1.807, 2.05) is 12.3 Å². The SMILES string of the molecule is C[C@@H]1CN(C2COC2)CCN1c1ccc(N)nc1. The van der Waals surface area contributed by atoms with Crippen LogP contribution in [0.15, 0.2) is 18.3 Å². The second kappa shape index (κ2) is 4.74. The van der Waals surface area contributed by atoms with Crippen LogP contribution in [-0.2, 0) is 4.74 Å². The minimum Gasteiger partial charge on any atom is -0.384 e. The van der Waals surface area contributed by atoms with Crippen LogP contribution in [0.3, 0.4) is 0 Å². The highest BCUT2D eigenvalue weighted by atomic mass is 16.5. The van der Waals surface area contributed by atoms with E-state index in [1.54, 1.807) is 0 Å². The molecule has 2 aliphatic heterocycles. The quantitative estimate of drug-likeness (QED) is 0.829. The number of nitrogen functional groups attached to an aromatic ring is 1. The Hall–Kier alpha value is -1.33. The summed E-state index contributed by atoms with van der Waals surface area (Å²) in [6.07, 6.45) is 1.87. The number of rotatable bonds is 2. The second-order valence-corrected chi connectivity index (χ2v) is 5.17. The largest absolute Gasteiger partial charge is 0.384 e. The van der Waals surface area contributed by atoms with Gasteiger partial charge in [-0.25, -0.2) is 4.98 Å². The molecule has 0 radical (unpaired) electrons. The highest BCUT2D eigenvalue weighted by Gasteiger charge is 2.32. The number of piperazine rings is 1. The molecule has 2 fully saturated rings. The molecule has 5 heteroatoms. The molecule has 0 spiro atoms. The van der Waals surface area contributed by atoms with E-state index in [1.165, 1.54) is 5.69 Å². The molecule has 0 saturated carbocycles. The third-order valence-electron chi connectivity index (χ3n) is 3.90. The number of ether oxygens (including phenoxy) is 1. The van der Waals surface area contributed by atoms with Crippen molar-refractivity contribution in [1.82, 2.24) is 9.88 Å². The fourth-order valence-corrected chi connectivity index (χ4v) is 2.70. The van der Waals surface area contributed by atoms with Gasteiger partial charge in [0, 0.05) is 25.7 Å². The molecule has 3 rings (SSSR count). The minimum absolute atomic E-state index is 0.504. The van der Waals surface area contributed by atoms with Crippen molar-refractivity contribution in [2.75, 3.05) is 43.5 Å². The average molecular weight is 248 g/mol. The Morgan fingerprint density at radius 2 is 2.17 bits per heavy atom. The smallest absolute Gasteiger partial charge is 0.123 e. The van der Waals surface area contributed by atoms with Gasteiger partial charge in [-0.1, -0.05) is 0 Å². The minimum atomic E-state index is 0.504. The van der Waals surface area contributed by atoms with Gasteiger partial charge >= 0.3 is 0 Å². The Morgan fingerprint density at radius 3 is 2.72 bits per heavy atom. The van der Waals surface area contributed by atoms with Gasteiger partial charge in [0.2, 0.25) is 0 Å². The summed E-state index contributed by atoms with van der Waals surface area (Å²) in [7, 11) is 0. The van der Waals surface area contributed by atoms with Gasteiger partial charge in [-0.05, 0) is 19.1 Å². The molecule has 2 aliphatic rings. The Labute approximate surface area is 108 Å². The van der Waals surface area contributed by atoms with E-state index in [4.69, 9.17) is 10.5 Å². The molecule has 0 unspecified atom stereocenters. The molecule has 5 nitrogen and oxygen atoms in total. The van der Waals surface area contributed by atoms with Crippen LogP contribution in [0.25, 0.3) is 0 Å². The van der Waals surface area contributed by atoms with Crippen LogP contribution in [-0.4, -0.2) is 54.8 Å². The maximum atomic E-state index is 5.63. The monoisotopic (exact) mass is 248 g/mol. The Kier molecular flexibility index (Phi) is 3.09. The van der Waals surface area contributed by atoms with Gasteiger partial charge in [0.05, 0.1) is 31.1 Å². The number of hydrogen-bond donors (Lipinski definition) is 1. The van der Waals surface area contributed by atoms with E-state index in [0.29, 0.717) is 17.9 Å². The molecular formula is C13H20N4O. The molecular weight excluding hydrogens is 228 g/mol. The van der Waals surface area contributed by atoms with Crippen LogP contribution in [0, 0.1) is 0 Å². The van der Waals surface area contributed by atoms with Gasteiger partial charge in [0.25, 0.3) is 0 Å². The number of hydrogen-bond acceptors (Lipinski definition) is 5. The summed E-state index contributed by atoms with van der Waals surface area (Å²) in [5, 5.41) is 0.